The first-order chi connectivity index (χ1) is 8.66. The van der Waals surface area contributed by atoms with Gasteiger partial charge in [0.2, 0.25) is 0 Å². The summed E-state index contributed by atoms with van der Waals surface area (Å²) in [6, 6.07) is 12.3. The third-order valence-corrected chi connectivity index (χ3v) is 2.77. The van der Waals surface area contributed by atoms with Gasteiger partial charge >= 0.3 is 0 Å². The molecule has 0 amide bonds. The maximum Gasteiger partial charge on any atom is 0.278 e. The van der Waals surface area contributed by atoms with E-state index >= 15 is 0 Å². The first-order valence-electron chi connectivity index (χ1n) is 5.20. The van der Waals surface area contributed by atoms with Gasteiger partial charge in [-0.3, -0.25) is 15.1 Å². The fourth-order valence-electron chi connectivity index (χ4n) is 1.46. The lowest BCUT2D eigenvalue weighted by atomic mass is 10.1. The van der Waals surface area contributed by atoms with Crippen LogP contribution >= 0.6 is 15.9 Å². The molecule has 2 rings (SSSR count). The third-order valence-electron chi connectivity index (χ3n) is 2.30. The van der Waals surface area contributed by atoms with Crippen LogP contribution in [0.1, 0.15) is 11.3 Å². The first kappa shape index (κ1) is 12.4. The number of halogens is 1. The van der Waals surface area contributed by atoms with Crippen molar-refractivity contribution in [1.29, 1.82) is 0 Å². The van der Waals surface area contributed by atoms with Gasteiger partial charge in [0.25, 0.3) is 5.70 Å². The maximum atomic E-state index is 11.1. The van der Waals surface area contributed by atoms with Gasteiger partial charge in [-0.15, -0.1) is 0 Å². The van der Waals surface area contributed by atoms with Crippen LogP contribution in [0.25, 0.3) is 11.8 Å². The Kier molecular flexibility index (Phi) is 3.84. The number of nitro groups is 1. The molecule has 0 atom stereocenters. The van der Waals surface area contributed by atoms with E-state index in [-0.39, 0.29) is 5.70 Å². The number of rotatable bonds is 3. The standard InChI is InChI=1S/C13H9BrN2O2/c14-11-6-7-12(15-9-11)8-13(16(17)18)10-4-2-1-3-5-10/h1-9H/b13-8+. The van der Waals surface area contributed by atoms with Crippen molar-refractivity contribution in [2.75, 3.05) is 0 Å². The van der Waals surface area contributed by atoms with Crippen LogP contribution in [-0.2, 0) is 0 Å². The number of hydrogen-bond acceptors (Lipinski definition) is 3. The van der Waals surface area contributed by atoms with E-state index in [1.165, 1.54) is 6.08 Å². The molecule has 0 aliphatic heterocycles. The monoisotopic (exact) mass is 304 g/mol. The number of hydrogen-bond donors (Lipinski definition) is 0. The third kappa shape index (κ3) is 3.01. The van der Waals surface area contributed by atoms with Crippen LogP contribution in [0, 0.1) is 10.1 Å². The lowest BCUT2D eigenvalue weighted by Crippen LogP contribution is -1.98. The van der Waals surface area contributed by atoms with Gasteiger partial charge in [-0.05, 0) is 40.2 Å². The van der Waals surface area contributed by atoms with Crippen molar-refractivity contribution in [2.45, 2.75) is 0 Å². The van der Waals surface area contributed by atoms with Gasteiger partial charge in [0.1, 0.15) is 0 Å². The topological polar surface area (TPSA) is 56.0 Å². The molecule has 5 heteroatoms. The van der Waals surface area contributed by atoms with Crippen LogP contribution in [0.3, 0.4) is 0 Å². The predicted octanol–water partition coefficient (Wildman–Crippen LogP) is 3.62. The highest BCUT2D eigenvalue weighted by Crippen LogP contribution is 2.18. The molecule has 0 radical (unpaired) electrons. The van der Waals surface area contributed by atoms with Gasteiger partial charge in [0, 0.05) is 16.7 Å². The summed E-state index contributed by atoms with van der Waals surface area (Å²) in [6.45, 7) is 0. The normalized spacial score (nSPS) is 11.3. The number of nitrogens with zero attached hydrogens (tertiary/aromatic N) is 2. The Morgan fingerprint density at radius 2 is 1.94 bits per heavy atom. The van der Waals surface area contributed by atoms with Gasteiger partial charge in [-0.1, -0.05) is 18.2 Å². The van der Waals surface area contributed by atoms with Gasteiger partial charge in [0.05, 0.1) is 16.2 Å². The molecule has 2 aromatic rings. The Hall–Kier alpha value is -2.01. The summed E-state index contributed by atoms with van der Waals surface area (Å²) in [5, 5.41) is 11.1. The van der Waals surface area contributed by atoms with E-state index in [9.17, 15) is 10.1 Å². The van der Waals surface area contributed by atoms with Crippen molar-refractivity contribution in [3.8, 4) is 0 Å². The molecule has 1 heterocycles. The van der Waals surface area contributed by atoms with E-state index in [4.69, 9.17) is 0 Å². The molecule has 90 valence electrons. The minimum Gasteiger partial charge on any atom is -0.258 e. The molecule has 1 aromatic carbocycles. The van der Waals surface area contributed by atoms with Gasteiger partial charge < -0.3 is 0 Å². The molecule has 0 unspecified atom stereocenters. The first-order valence-corrected chi connectivity index (χ1v) is 5.99. The average Bonchev–Trinajstić information content (AvgIpc) is 2.38. The Bertz CT molecular complexity index is 580. The molecular formula is C13H9BrN2O2. The Morgan fingerprint density at radius 1 is 1.22 bits per heavy atom. The molecule has 0 aliphatic carbocycles. The van der Waals surface area contributed by atoms with Crippen LogP contribution in [0.2, 0.25) is 0 Å². The summed E-state index contributed by atoms with van der Waals surface area (Å²) in [5.41, 5.74) is 1.14. The largest absolute Gasteiger partial charge is 0.278 e. The maximum absolute atomic E-state index is 11.1. The summed E-state index contributed by atoms with van der Waals surface area (Å²) in [4.78, 5) is 14.8. The van der Waals surface area contributed by atoms with E-state index in [0.29, 0.717) is 11.3 Å². The van der Waals surface area contributed by atoms with Gasteiger partial charge in [0.15, 0.2) is 0 Å². The molecule has 0 saturated heterocycles. The fraction of sp³-hybridized carbons (Fsp3) is 0. The quantitative estimate of drug-likeness (QED) is 0.643. The fourth-order valence-corrected chi connectivity index (χ4v) is 1.70. The van der Waals surface area contributed by atoms with Crippen LogP contribution in [0.15, 0.2) is 53.1 Å². The zero-order valence-corrected chi connectivity index (χ0v) is 10.9. The summed E-state index contributed by atoms with van der Waals surface area (Å²) in [6.07, 6.45) is 3.07. The second-order valence-electron chi connectivity index (χ2n) is 3.55. The molecule has 0 spiro atoms. The highest BCUT2D eigenvalue weighted by atomic mass is 79.9. The zero-order chi connectivity index (χ0) is 13.0. The van der Waals surface area contributed by atoms with E-state index in [1.54, 1.807) is 42.6 Å². The van der Waals surface area contributed by atoms with Crippen molar-refractivity contribution >= 4 is 27.7 Å². The second kappa shape index (κ2) is 5.55. The number of benzene rings is 1. The summed E-state index contributed by atoms with van der Waals surface area (Å²) < 4.78 is 0.835. The van der Waals surface area contributed by atoms with Crippen LogP contribution in [0.5, 0.6) is 0 Å². The minimum atomic E-state index is -0.404. The van der Waals surface area contributed by atoms with E-state index in [1.807, 2.05) is 6.07 Å². The van der Waals surface area contributed by atoms with E-state index < -0.39 is 4.92 Å². The zero-order valence-electron chi connectivity index (χ0n) is 9.29. The van der Waals surface area contributed by atoms with E-state index in [2.05, 4.69) is 20.9 Å². The average molecular weight is 305 g/mol. The van der Waals surface area contributed by atoms with Gasteiger partial charge in [-0.2, -0.15) is 0 Å². The van der Waals surface area contributed by atoms with Crippen LogP contribution in [0.4, 0.5) is 0 Å². The summed E-state index contributed by atoms with van der Waals surface area (Å²) in [5.74, 6) is 0. The second-order valence-corrected chi connectivity index (χ2v) is 4.47. The highest BCUT2D eigenvalue weighted by Gasteiger charge is 2.13. The molecule has 0 bridgehead atoms. The van der Waals surface area contributed by atoms with Crippen molar-refractivity contribution in [2.24, 2.45) is 0 Å². The molecule has 4 nitrogen and oxygen atoms in total. The predicted molar refractivity (Wildman–Crippen MR) is 73.2 cm³/mol. The van der Waals surface area contributed by atoms with Gasteiger partial charge in [-0.25, -0.2) is 0 Å². The minimum absolute atomic E-state index is 0.0328. The van der Waals surface area contributed by atoms with Crippen molar-refractivity contribution in [3.05, 3.63) is 74.5 Å². The smallest absolute Gasteiger partial charge is 0.258 e. The molecule has 1 aromatic heterocycles. The Morgan fingerprint density at radius 3 is 2.50 bits per heavy atom. The molecule has 0 N–H and O–H groups in total. The van der Waals surface area contributed by atoms with Crippen molar-refractivity contribution in [1.82, 2.24) is 4.98 Å². The summed E-state index contributed by atoms with van der Waals surface area (Å²) >= 11 is 3.27. The lowest BCUT2D eigenvalue weighted by molar-refractivity contribution is -0.374. The van der Waals surface area contributed by atoms with Crippen LogP contribution < -0.4 is 0 Å². The number of pyridine rings is 1. The lowest BCUT2D eigenvalue weighted by Gasteiger charge is -1.99. The molecule has 0 aliphatic rings. The number of aromatic nitrogens is 1. The molecular weight excluding hydrogens is 296 g/mol. The van der Waals surface area contributed by atoms with Crippen molar-refractivity contribution < 1.29 is 4.92 Å². The van der Waals surface area contributed by atoms with E-state index in [0.717, 1.165) is 4.47 Å². The molecule has 0 saturated carbocycles. The molecule has 0 fully saturated rings. The van der Waals surface area contributed by atoms with Crippen molar-refractivity contribution in [3.63, 3.8) is 0 Å². The SMILES string of the molecule is O=[N+]([O-])/C(=C/c1ccc(Br)cn1)c1ccccc1. The highest BCUT2D eigenvalue weighted by molar-refractivity contribution is 9.10. The summed E-state index contributed by atoms with van der Waals surface area (Å²) in [7, 11) is 0. The van der Waals surface area contributed by atoms with Crippen LogP contribution in [-0.4, -0.2) is 9.91 Å². The Labute approximate surface area is 112 Å². The Balaban J connectivity index is 2.43. The molecule has 18 heavy (non-hydrogen) atoms.